The third kappa shape index (κ3) is 4.70. The minimum atomic E-state index is 0.0143. The van der Waals surface area contributed by atoms with E-state index in [9.17, 15) is 0 Å². The van der Waals surface area contributed by atoms with Crippen LogP contribution >= 0.6 is 15.9 Å². The van der Waals surface area contributed by atoms with Crippen LogP contribution in [-0.4, -0.2) is 34.5 Å². The molecule has 0 amide bonds. The predicted molar refractivity (Wildman–Crippen MR) is 70.8 cm³/mol. The number of rotatable bonds is 5. The van der Waals surface area contributed by atoms with Gasteiger partial charge >= 0.3 is 0 Å². The Morgan fingerprint density at radius 1 is 1.65 bits per heavy atom. The molecule has 0 saturated carbocycles. The third-order valence-electron chi connectivity index (χ3n) is 2.43. The first-order valence-corrected chi connectivity index (χ1v) is 6.08. The number of aromatic nitrogens is 1. The van der Waals surface area contributed by atoms with Gasteiger partial charge in [-0.1, -0.05) is 12.1 Å². The fourth-order valence-electron chi connectivity index (χ4n) is 1.50. The summed E-state index contributed by atoms with van der Waals surface area (Å²) in [7, 11) is 1.98. The maximum Gasteiger partial charge on any atom is 0.143 e. The Hall–Kier alpha value is -1.14. The zero-order chi connectivity index (χ0) is 12.8. The van der Waals surface area contributed by atoms with Gasteiger partial charge in [0.1, 0.15) is 5.84 Å². The van der Waals surface area contributed by atoms with Crippen molar-refractivity contribution >= 4 is 21.8 Å². The van der Waals surface area contributed by atoms with Crippen molar-refractivity contribution < 1.29 is 5.21 Å². The number of halogens is 1. The zero-order valence-corrected chi connectivity index (χ0v) is 11.6. The van der Waals surface area contributed by atoms with Crippen LogP contribution in [0.1, 0.15) is 12.6 Å². The lowest BCUT2D eigenvalue weighted by atomic mass is 10.1. The van der Waals surface area contributed by atoms with Crippen LogP contribution in [0, 0.1) is 5.92 Å². The Balaban J connectivity index is 2.49. The van der Waals surface area contributed by atoms with E-state index < -0.39 is 0 Å². The molecule has 0 aromatic carbocycles. The second-order valence-electron chi connectivity index (χ2n) is 4.09. The zero-order valence-electron chi connectivity index (χ0n) is 9.97. The fraction of sp³-hybridized carbons (Fsp3) is 0.455. The van der Waals surface area contributed by atoms with Crippen molar-refractivity contribution in [2.75, 3.05) is 13.6 Å². The SMILES string of the molecule is CC(CN(C)Cc1ccc(Br)cn1)/C(N)=N/O. The van der Waals surface area contributed by atoms with Crippen LogP contribution in [0.2, 0.25) is 0 Å². The molecule has 17 heavy (non-hydrogen) atoms. The van der Waals surface area contributed by atoms with E-state index in [1.807, 2.05) is 26.1 Å². The van der Waals surface area contributed by atoms with Gasteiger partial charge < -0.3 is 10.9 Å². The van der Waals surface area contributed by atoms with Gasteiger partial charge in [0.25, 0.3) is 0 Å². The molecule has 1 heterocycles. The van der Waals surface area contributed by atoms with Gasteiger partial charge in [0.2, 0.25) is 0 Å². The Kier molecular flexibility index (Phi) is 5.37. The molecule has 3 N–H and O–H groups in total. The predicted octanol–water partition coefficient (Wildman–Crippen LogP) is 1.66. The van der Waals surface area contributed by atoms with Gasteiger partial charge in [0, 0.05) is 29.7 Å². The van der Waals surface area contributed by atoms with Gasteiger partial charge in [-0.25, -0.2) is 0 Å². The van der Waals surface area contributed by atoms with E-state index in [1.54, 1.807) is 6.20 Å². The molecule has 1 aromatic heterocycles. The van der Waals surface area contributed by atoms with Crippen molar-refractivity contribution in [2.45, 2.75) is 13.5 Å². The Morgan fingerprint density at radius 2 is 2.35 bits per heavy atom. The summed E-state index contributed by atoms with van der Waals surface area (Å²) in [4.78, 5) is 6.37. The number of hydrogen-bond acceptors (Lipinski definition) is 4. The van der Waals surface area contributed by atoms with E-state index in [1.165, 1.54) is 0 Å². The minimum absolute atomic E-state index is 0.0143. The highest BCUT2D eigenvalue weighted by Gasteiger charge is 2.11. The molecule has 1 unspecified atom stereocenters. The summed E-state index contributed by atoms with van der Waals surface area (Å²) < 4.78 is 0.967. The van der Waals surface area contributed by atoms with Crippen LogP contribution in [0.25, 0.3) is 0 Å². The topological polar surface area (TPSA) is 74.7 Å². The molecule has 1 rings (SSSR count). The molecule has 94 valence electrons. The second-order valence-corrected chi connectivity index (χ2v) is 5.01. The Bertz CT molecular complexity index is 380. The van der Waals surface area contributed by atoms with Crippen molar-refractivity contribution in [1.82, 2.24) is 9.88 Å². The molecule has 0 fully saturated rings. The summed E-state index contributed by atoms with van der Waals surface area (Å²) >= 11 is 3.34. The molecule has 0 aliphatic heterocycles. The monoisotopic (exact) mass is 300 g/mol. The van der Waals surface area contributed by atoms with Crippen molar-refractivity contribution in [3.05, 3.63) is 28.5 Å². The minimum Gasteiger partial charge on any atom is -0.409 e. The summed E-state index contributed by atoms with van der Waals surface area (Å²) in [5, 5.41) is 11.6. The first kappa shape index (κ1) is 13.9. The lowest BCUT2D eigenvalue weighted by molar-refractivity contribution is 0.288. The van der Waals surface area contributed by atoms with E-state index in [0.717, 1.165) is 16.7 Å². The number of hydrogen-bond donors (Lipinski definition) is 2. The van der Waals surface area contributed by atoms with E-state index in [2.05, 4.69) is 31.0 Å². The van der Waals surface area contributed by atoms with Gasteiger partial charge in [-0.3, -0.25) is 9.88 Å². The molecule has 0 spiro atoms. The van der Waals surface area contributed by atoms with Crippen LogP contribution in [-0.2, 0) is 6.54 Å². The highest BCUT2D eigenvalue weighted by atomic mass is 79.9. The lowest BCUT2D eigenvalue weighted by Gasteiger charge is -2.20. The van der Waals surface area contributed by atoms with E-state index in [0.29, 0.717) is 6.54 Å². The van der Waals surface area contributed by atoms with E-state index >= 15 is 0 Å². The number of nitrogens with zero attached hydrogens (tertiary/aromatic N) is 3. The smallest absolute Gasteiger partial charge is 0.143 e. The normalized spacial score (nSPS) is 14.0. The molecule has 1 aromatic rings. The van der Waals surface area contributed by atoms with Crippen LogP contribution in [0.5, 0.6) is 0 Å². The summed E-state index contributed by atoms with van der Waals surface area (Å²) in [6, 6.07) is 3.93. The van der Waals surface area contributed by atoms with E-state index in [-0.39, 0.29) is 11.8 Å². The largest absolute Gasteiger partial charge is 0.409 e. The molecule has 0 bridgehead atoms. The molecule has 0 radical (unpaired) electrons. The number of amidine groups is 1. The van der Waals surface area contributed by atoms with Crippen molar-refractivity contribution in [3.8, 4) is 0 Å². The van der Waals surface area contributed by atoms with Gasteiger partial charge in [-0.2, -0.15) is 0 Å². The summed E-state index contributed by atoms with van der Waals surface area (Å²) in [6.45, 7) is 3.37. The van der Waals surface area contributed by atoms with Crippen molar-refractivity contribution in [2.24, 2.45) is 16.8 Å². The molecular weight excluding hydrogens is 284 g/mol. The van der Waals surface area contributed by atoms with Crippen LogP contribution in [0.3, 0.4) is 0 Å². The highest BCUT2D eigenvalue weighted by molar-refractivity contribution is 9.10. The van der Waals surface area contributed by atoms with Crippen molar-refractivity contribution in [1.29, 1.82) is 0 Å². The highest BCUT2D eigenvalue weighted by Crippen LogP contribution is 2.09. The molecule has 6 heteroatoms. The second kappa shape index (κ2) is 6.56. The van der Waals surface area contributed by atoms with Crippen molar-refractivity contribution in [3.63, 3.8) is 0 Å². The molecule has 1 atom stereocenters. The first-order valence-electron chi connectivity index (χ1n) is 5.29. The fourth-order valence-corrected chi connectivity index (χ4v) is 1.74. The van der Waals surface area contributed by atoms with Gasteiger partial charge in [0.15, 0.2) is 0 Å². The summed E-state index contributed by atoms with van der Waals surface area (Å²) in [5.74, 6) is 0.265. The van der Waals surface area contributed by atoms with E-state index in [4.69, 9.17) is 10.9 Å². The molecule has 0 aliphatic rings. The standard InChI is InChI=1S/C11H17BrN4O/c1-8(11(13)15-17)6-16(2)7-10-4-3-9(12)5-14-10/h3-5,8,17H,6-7H2,1-2H3,(H2,13,15). The van der Waals surface area contributed by atoms with Crippen LogP contribution < -0.4 is 5.73 Å². The Labute approximate surface area is 109 Å². The Morgan fingerprint density at radius 3 is 2.88 bits per heavy atom. The quantitative estimate of drug-likeness (QED) is 0.375. The number of nitrogens with two attached hydrogens (primary N) is 1. The lowest BCUT2D eigenvalue weighted by Crippen LogP contribution is -2.32. The summed E-state index contributed by atoms with van der Waals surface area (Å²) in [5.41, 5.74) is 6.52. The first-order chi connectivity index (χ1) is 8.02. The molecule has 0 aliphatic carbocycles. The summed E-state index contributed by atoms with van der Waals surface area (Å²) in [6.07, 6.45) is 1.77. The number of pyridine rings is 1. The molecule has 5 nitrogen and oxygen atoms in total. The maximum atomic E-state index is 8.57. The van der Waals surface area contributed by atoms with Gasteiger partial charge in [-0.05, 0) is 35.1 Å². The van der Waals surface area contributed by atoms with Gasteiger partial charge in [0.05, 0.1) is 5.69 Å². The number of oxime groups is 1. The van der Waals surface area contributed by atoms with Crippen LogP contribution in [0.15, 0.2) is 28.0 Å². The maximum absolute atomic E-state index is 8.57. The van der Waals surface area contributed by atoms with Crippen LogP contribution in [0.4, 0.5) is 0 Å². The average molecular weight is 301 g/mol. The molecule has 0 saturated heterocycles. The van der Waals surface area contributed by atoms with Gasteiger partial charge in [-0.15, -0.1) is 0 Å². The molecular formula is C11H17BrN4O. The average Bonchev–Trinajstić information content (AvgIpc) is 2.30. The third-order valence-corrected chi connectivity index (χ3v) is 2.90.